The number of aromatic nitrogens is 4. The van der Waals surface area contributed by atoms with Crippen LogP contribution in [0.15, 0.2) is 36.4 Å². The van der Waals surface area contributed by atoms with Crippen LogP contribution in [0.1, 0.15) is 24.2 Å². The summed E-state index contributed by atoms with van der Waals surface area (Å²) in [5.74, 6) is 2.34. The smallest absolute Gasteiger partial charge is 0.315 e. The van der Waals surface area contributed by atoms with Crippen LogP contribution in [-0.4, -0.2) is 52.6 Å². The van der Waals surface area contributed by atoms with Crippen LogP contribution in [0.4, 0.5) is 10.6 Å². The topological polar surface area (TPSA) is 96.7 Å². The van der Waals surface area contributed by atoms with Crippen LogP contribution in [0.2, 0.25) is 0 Å². The Balaban J connectivity index is 1.29. The highest BCUT2D eigenvalue weighted by Crippen LogP contribution is 2.18. The minimum Gasteiger partial charge on any atom is -0.497 e. The lowest BCUT2D eigenvalue weighted by Gasteiger charge is -2.15. The van der Waals surface area contributed by atoms with E-state index in [0.29, 0.717) is 18.0 Å². The molecule has 9 nitrogen and oxygen atoms in total. The predicted octanol–water partition coefficient (Wildman–Crippen LogP) is 1.77. The molecule has 29 heavy (non-hydrogen) atoms. The van der Waals surface area contributed by atoms with E-state index in [2.05, 4.69) is 30.8 Å². The summed E-state index contributed by atoms with van der Waals surface area (Å²) in [6.07, 6.45) is 3.12. The Morgan fingerprint density at radius 2 is 1.86 bits per heavy atom. The summed E-state index contributed by atoms with van der Waals surface area (Å²) >= 11 is 0. The van der Waals surface area contributed by atoms with Gasteiger partial charge < -0.3 is 20.3 Å². The van der Waals surface area contributed by atoms with E-state index in [4.69, 9.17) is 4.74 Å². The molecule has 0 spiro atoms. The van der Waals surface area contributed by atoms with Gasteiger partial charge in [-0.1, -0.05) is 12.1 Å². The largest absolute Gasteiger partial charge is 0.497 e. The predicted molar refractivity (Wildman–Crippen MR) is 109 cm³/mol. The Morgan fingerprint density at radius 3 is 2.62 bits per heavy atom. The zero-order chi connectivity index (χ0) is 20.1. The number of ether oxygens (including phenoxy) is 1. The fraction of sp³-hybridized carbons (Fsp3) is 0.400. The standard InChI is InChI=1S/C20H25N7O2/c1-29-16-6-4-15(5-7-16)10-11-21-20(28)22-14-19-24-23-17-8-9-18(25-27(17)19)26-12-2-3-13-26/h4-9H,2-3,10-14H2,1H3,(H2,21,22,28). The summed E-state index contributed by atoms with van der Waals surface area (Å²) < 4.78 is 6.85. The number of urea groups is 1. The van der Waals surface area contributed by atoms with Gasteiger partial charge in [0, 0.05) is 19.6 Å². The summed E-state index contributed by atoms with van der Waals surface area (Å²) in [5.41, 5.74) is 1.80. The number of benzene rings is 1. The van der Waals surface area contributed by atoms with Crippen LogP contribution in [-0.2, 0) is 13.0 Å². The Labute approximate surface area is 169 Å². The molecule has 3 heterocycles. The number of amides is 2. The number of anilines is 1. The van der Waals surface area contributed by atoms with Gasteiger partial charge in [-0.05, 0) is 49.1 Å². The van der Waals surface area contributed by atoms with Gasteiger partial charge in [0.05, 0.1) is 13.7 Å². The minimum atomic E-state index is -0.244. The summed E-state index contributed by atoms with van der Waals surface area (Å²) in [4.78, 5) is 14.4. The fourth-order valence-electron chi connectivity index (χ4n) is 3.38. The Hall–Kier alpha value is -3.36. The zero-order valence-electron chi connectivity index (χ0n) is 16.5. The third kappa shape index (κ3) is 4.56. The van der Waals surface area contributed by atoms with E-state index in [0.717, 1.165) is 36.6 Å². The van der Waals surface area contributed by atoms with Crippen molar-refractivity contribution < 1.29 is 9.53 Å². The van der Waals surface area contributed by atoms with Gasteiger partial charge in [-0.25, -0.2) is 4.79 Å². The summed E-state index contributed by atoms with van der Waals surface area (Å²) in [6, 6.07) is 11.4. The maximum atomic E-state index is 12.1. The number of fused-ring (bicyclic) bond motifs is 1. The molecule has 0 saturated carbocycles. The quantitative estimate of drug-likeness (QED) is 0.633. The molecule has 0 unspecified atom stereocenters. The summed E-state index contributed by atoms with van der Waals surface area (Å²) in [7, 11) is 1.64. The zero-order valence-corrected chi connectivity index (χ0v) is 16.5. The molecule has 0 bridgehead atoms. The molecule has 0 aliphatic carbocycles. The van der Waals surface area contributed by atoms with Gasteiger partial charge in [0.1, 0.15) is 11.6 Å². The minimum absolute atomic E-state index is 0.244. The highest BCUT2D eigenvalue weighted by Gasteiger charge is 2.16. The SMILES string of the molecule is COc1ccc(CCNC(=O)NCc2nnc3ccc(N4CCCC4)nn23)cc1. The van der Waals surface area contributed by atoms with Crippen LogP contribution >= 0.6 is 0 Å². The van der Waals surface area contributed by atoms with Gasteiger partial charge in [0.2, 0.25) is 0 Å². The first-order valence-corrected chi connectivity index (χ1v) is 9.84. The van der Waals surface area contributed by atoms with Crippen molar-refractivity contribution in [2.75, 3.05) is 31.6 Å². The number of carbonyl (C=O) groups excluding carboxylic acids is 1. The fourth-order valence-corrected chi connectivity index (χ4v) is 3.38. The third-order valence-electron chi connectivity index (χ3n) is 5.01. The molecule has 0 radical (unpaired) electrons. The Kier molecular flexibility index (Phi) is 5.73. The molecule has 1 aliphatic heterocycles. The number of hydrogen-bond acceptors (Lipinski definition) is 6. The van der Waals surface area contributed by atoms with E-state index in [1.165, 1.54) is 12.8 Å². The lowest BCUT2D eigenvalue weighted by Crippen LogP contribution is -2.36. The normalized spacial score (nSPS) is 13.6. The lowest BCUT2D eigenvalue weighted by molar-refractivity contribution is 0.240. The first-order valence-electron chi connectivity index (χ1n) is 9.84. The van der Waals surface area contributed by atoms with Crippen LogP contribution in [0, 0.1) is 0 Å². The molecular formula is C20H25N7O2. The molecule has 152 valence electrons. The van der Waals surface area contributed by atoms with Crippen LogP contribution in [0.5, 0.6) is 5.75 Å². The molecule has 1 fully saturated rings. The van der Waals surface area contributed by atoms with Gasteiger partial charge in [0.25, 0.3) is 0 Å². The van der Waals surface area contributed by atoms with Crippen molar-refractivity contribution in [1.29, 1.82) is 0 Å². The molecule has 1 aromatic carbocycles. The number of nitrogens with one attached hydrogen (secondary N) is 2. The second kappa shape index (κ2) is 8.76. The molecule has 2 amide bonds. The van der Waals surface area contributed by atoms with E-state index in [-0.39, 0.29) is 12.6 Å². The molecule has 9 heteroatoms. The van der Waals surface area contributed by atoms with Crippen molar-refractivity contribution in [3.63, 3.8) is 0 Å². The number of methoxy groups -OCH3 is 1. The van der Waals surface area contributed by atoms with Gasteiger partial charge in [-0.2, -0.15) is 4.52 Å². The van der Waals surface area contributed by atoms with Gasteiger partial charge >= 0.3 is 6.03 Å². The first-order chi connectivity index (χ1) is 14.2. The van der Waals surface area contributed by atoms with E-state index in [1.54, 1.807) is 11.6 Å². The molecule has 1 saturated heterocycles. The first kappa shape index (κ1) is 19.0. The Bertz CT molecular complexity index is 965. The van der Waals surface area contributed by atoms with Crippen molar-refractivity contribution in [1.82, 2.24) is 30.4 Å². The van der Waals surface area contributed by atoms with Crippen LogP contribution < -0.4 is 20.3 Å². The second-order valence-corrected chi connectivity index (χ2v) is 6.98. The molecular weight excluding hydrogens is 370 g/mol. The molecule has 3 aromatic rings. The van der Waals surface area contributed by atoms with Gasteiger partial charge in [0.15, 0.2) is 11.5 Å². The van der Waals surface area contributed by atoms with Crippen molar-refractivity contribution in [2.24, 2.45) is 0 Å². The van der Waals surface area contributed by atoms with Crippen molar-refractivity contribution in [3.05, 3.63) is 47.8 Å². The number of carbonyl (C=O) groups is 1. The van der Waals surface area contributed by atoms with Crippen LogP contribution in [0.25, 0.3) is 5.65 Å². The maximum absolute atomic E-state index is 12.1. The summed E-state index contributed by atoms with van der Waals surface area (Å²) in [5, 5.41) is 18.6. The molecule has 2 aromatic heterocycles. The van der Waals surface area contributed by atoms with E-state index >= 15 is 0 Å². The molecule has 1 aliphatic rings. The highest BCUT2D eigenvalue weighted by atomic mass is 16.5. The average Bonchev–Trinajstić information content (AvgIpc) is 3.42. The van der Waals surface area contributed by atoms with Gasteiger partial charge in [-0.3, -0.25) is 0 Å². The van der Waals surface area contributed by atoms with E-state index in [9.17, 15) is 4.79 Å². The van der Waals surface area contributed by atoms with Gasteiger partial charge in [-0.15, -0.1) is 15.3 Å². The maximum Gasteiger partial charge on any atom is 0.315 e. The summed E-state index contributed by atoms with van der Waals surface area (Å²) in [6.45, 7) is 2.83. The van der Waals surface area contributed by atoms with E-state index in [1.807, 2.05) is 36.4 Å². The van der Waals surface area contributed by atoms with Crippen molar-refractivity contribution >= 4 is 17.5 Å². The number of nitrogens with zero attached hydrogens (tertiary/aromatic N) is 5. The van der Waals surface area contributed by atoms with E-state index < -0.39 is 0 Å². The van der Waals surface area contributed by atoms with Crippen molar-refractivity contribution in [3.8, 4) is 5.75 Å². The average molecular weight is 395 g/mol. The third-order valence-corrected chi connectivity index (χ3v) is 5.01. The number of rotatable bonds is 7. The number of hydrogen-bond donors (Lipinski definition) is 2. The molecule has 2 N–H and O–H groups in total. The highest BCUT2D eigenvalue weighted by molar-refractivity contribution is 5.73. The molecule has 4 rings (SSSR count). The Morgan fingerprint density at radius 1 is 1.07 bits per heavy atom. The second-order valence-electron chi connectivity index (χ2n) is 6.98. The lowest BCUT2D eigenvalue weighted by atomic mass is 10.1. The van der Waals surface area contributed by atoms with Crippen LogP contribution in [0.3, 0.4) is 0 Å². The molecule has 0 atom stereocenters. The van der Waals surface area contributed by atoms with Crippen molar-refractivity contribution in [2.45, 2.75) is 25.8 Å². The monoisotopic (exact) mass is 395 g/mol.